The molecule has 1 amide bonds. The highest BCUT2D eigenvalue weighted by Crippen LogP contribution is 2.21. The molecule has 0 fully saturated rings. The monoisotopic (exact) mass is 281 g/mol. The Labute approximate surface area is 113 Å². The Morgan fingerprint density at radius 1 is 1.42 bits per heavy atom. The van der Waals surface area contributed by atoms with Gasteiger partial charge in [-0.25, -0.2) is 9.37 Å². The fourth-order valence-corrected chi connectivity index (χ4v) is 1.53. The van der Waals surface area contributed by atoms with Crippen LogP contribution in [0.1, 0.15) is 10.5 Å². The minimum Gasteiger partial charge on any atom is -0.494 e. The molecule has 19 heavy (non-hydrogen) atoms. The second kappa shape index (κ2) is 5.62. The van der Waals surface area contributed by atoms with E-state index in [-0.39, 0.29) is 16.6 Å². The number of benzene rings is 1. The summed E-state index contributed by atoms with van der Waals surface area (Å²) in [5.41, 5.74) is 0.445. The van der Waals surface area contributed by atoms with Gasteiger partial charge in [-0.1, -0.05) is 11.6 Å². The topological polar surface area (TPSA) is 64.1 Å². The zero-order valence-corrected chi connectivity index (χ0v) is 10.6. The van der Waals surface area contributed by atoms with Gasteiger partial charge in [-0.3, -0.25) is 9.78 Å². The molecule has 0 aliphatic heterocycles. The highest BCUT2D eigenvalue weighted by molar-refractivity contribution is 6.29. The van der Waals surface area contributed by atoms with Gasteiger partial charge in [0.05, 0.1) is 19.5 Å². The van der Waals surface area contributed by atoms with Gasteiger partial charge in [0.25, 0.3) is 5.91 Å². The van der Waals surface area contributed by atoms with Crippen LogP contribution in [0.15, 0.2) is 30.6 Å². The molecule has 0 radical (unpaired) electrons. The molecule has 0 spiro atoms. The summed E-state index contributed by atoms with van der Waals surface area (Å²) >= 11 is 5.64. The third-order valence-corrected chi connectivity index (χ3v) is 2.43. The molecule has 1 aromatic heterocycles. The molecule has 0 aliphatic rings. The van der Waals surface area contributed by atoms with Gasteiger partial charge < -0.3 is 10.1 Å². The van der Waals surface area contributed by atoms with Crippen LogP contribution in [0.2, 0.25) is 5.15 Å². The SMILES string of the molecule is COc1cc(NC(=O)c2cncc(Cl)n2)ccc1F. The van der Waals surface area contributed by atoms with Crippen molar-refractivity contribution < 1.29 is 13.9 Å². The minimum absolute atomic E-state index is 0.0370. The first-order valence-electron chi connectivity index (χ1n) is 5.22. The smallest absolute Gasteiger partial charge is 0.275 e. The largest absolute Gasteiger partial charge is 0.494 e. The number of rotatable bonds is 3. The Morgan fingerprint density at radius 2 is 2.21 bits per heavy atom. The first-order valence-corrected chi connectivity index (χ1v) is 5.60. The first kappa shape index (κ1) is 13.2. The number of anilines is 1. The summed E-state index contributed by atoms with van der Waals surface area (Å²) in [6.07, 6.45) is 2.60. The summed E-state index contributed by atoms with van der Waals surface area (Å²) in [5, 5.41) is 2.66. The summed E-state index contributed by atoms with van der Waals surface area (Å²) in [4.78, 5) is 19.4. The number of aromatic nitrogens is 2. The third-order valence-electron chi connectivity index (χ3n) is 2.25. The maximum atomic E-state index is 13.2. The maximum absolute atomic E-state index is 13.2. The van der Waals surface area contributed by atoms with Gasteiger partial charge in [0.15, 0.2) is 11.6 Å². The van der Waals surface area contributed by atoms with Crippen LogP contribution in [0.3, 0.4) is 0 Å². The first-order chi connectivity index (χ1) is 9.10. The zero-order chi connectivity index (χ0) is 13.8. The lowest BCUT2D eigenvalue weighted by atomic mass is 10.2. The summed E-state index contributed by atoms with van der Waals surface area (Å²) in [7, 11) is 1.34. The van der Waals surface area contributed by atoms with E-state index in [1.807, 2.05) is 0 Å². The fraction of sp³-hybridized carbons (Fsp3) is 0.0833. The number of hydrogen-bond donors (Lipinski definition) is 1. The van der Waals surface area contributed by atoms with Crippen molar-refractivity contribution in [3.05, 3.63) is 47.3 Å². The van der Waals surface area contributed by atoms with Crippen molar-refractivity contribution in [2.75, 3.05) is 12.4 Å². The van der Waals surface area contributed by atoms with Crippen molar-refractivity contribution in [2.45, 2.75) is 0 Å². The number of halogens is 2. The van der Waals surface area contributed by atoms with Crippen LogP contribution in [-0.4, -0.2) is 23.0 Å². The number of hydrogen-bond acceptors (Lipinski definition) is 4. The van der Waals surface area contributed by atoms with E-state index >= 15 is 0 Å². The molecule has 0 aliphatic carbocycles. The summed E-state index contributed by atoms with van der Waals surface area (Å²) in [5.74, 6) is -0.971. The van der Waals surface area contributed by atoms with Crippen molar-refractivity contribution in [1.82, 2.24) is 9.97 Å². The molecule has 1 aromatic carbocycles. The molecule has 2 rings (SSSR count). The lowest BCUT2D eigenvalue weighted by Crippen LogP contribution is -2.14. The molecular weight excluding hydrogens is 273 g/mol. The number of nitrogens with zero attached hydrogens (tertiary/aromatic N) is 2. The van der Waals surface area contributed by atoms with Gasteiger partial charge in [0.2, 0.25) is 0 Å². The Balaban J connectivity index is 2.19. The van der Waals surface area contributed by atoms with E-state index < -0.39 is 11.7 Å². The summed E-state index contributed by atoms with van der Waals surface area (Å²) in [6.45, 7) is 0. The van der Waals surface area contributed by atoms with Crippen molar-refractivity contribution in [3.8, 4) is 5.75 Å². The summed E-state index contributed by atoms with van der Waals surface area (Å²) in [6, 6.07) is 3.97. The van der Waals surface area contributed by atoms with Crippen molar-refractivity contribution in [1.29, 1.82) is 0 Å². The molecule has 1 N–H and O–H groups in total. The van der Waals surface area contributed by atoms with E-state index in [2.05, 4.69) is 15.3 Å². The van der Waals surface area contributed by atoms with Gasteiger partial charge in [-0.2, -0.15) is 0 Å². The van der Waals surface area contributed by atoms with Crippen LogP contribution >= 0.6 is 11.6 Å². The van der Waals surface area contributed by atoms with Crippen LogP contribution in [-0.2, 0) is 0 Å². The van der Waals surface area contributed by atoms with Gasteiger partial charge in [0, 0.05) is 11.8 Å². The van der Waals surface area contributed by atoms with Gasteiger partial charge in [0.1, 0.15) is 10.8 Å². The maximum Gasteiger partial charge on any atom is 0.275 e. The van der Waals surface area contributed by atoms with Gasteiger partial charge >= 0.3 is 0 Å². The van der Waals surface area contributed by atoms with Crippen LogP contribution in [0.5, 0.6) is 5.75 Å². The molecule has 0 saturated heterocycles. The van der Waals surface area contributed by atoms with E-state index in [1.54, 1.807) is 0 Å². The molecule has 0 atom stereocenters. The van der Waals surface area contributed by atoms with Gasteiger partial charge in [-0.15, -0.1) is 0 Å². The highest BCUT2D eigenvalue weighted by Gasteiger charge is 2.10. The van der Waals surface area contributed by atoms with E-state index in [0.717, 1.165) is 0 Å². The molecule has 1 heterocycles. The lowest BCUT2D eigenvalue weighted by Gasteiger charge is -2.07. The van der Waals surface area contributed by atoms with E-state index in [1.165, 1.54) is 37.7 Å². The molecule has 98 valence electrons. The molecule has 5 nitrogen and oxygen atoms in total. The standard InChI is InChI=1S/C12H9ClFN3O2/c1-19-10-4-7(2-3-8(10)14)16-12(18)9-5-15-6-11(13)17-9/h2-6H,1H3,(H,16,18). The van der Waals surface area contributed by atoms with E-state index in [9.17, 15) is 9.18 Å². The number of methoxy groups -OCH3 is 1. The van der Waals surface area contributed by atoms with Crippen LogP contribution < -0.4 is 10.1 Å². The van der Waals surface area contributed by atoms with E-state index in [0.29, 0.717) is 5.69 Å². The van der Waals surface area contributed by atoms with Crippen LogP contribution in [0, 0.1) is 5.82 Å². The quantitative estimate of drug-likeness (QED) is 0.939. The Kier molecular flexibility index (Phi) is 3.91. The van der Waals surface area contributed by atoms with Gasteiger partial charge in [-0.05, 0) is 12.1 Å². The molecule has 2 aromatic rings. The second-order valence-electron chi connectivity index (χ2n) is 3.53. The molecule has 0 unspecified atom stereocenters. The highest BCUT2D eigenvalue weighted by atomic mass is 35.5. The molecule has 0 saturated carbocycles. The van der Waals surface area contributed by atoms with Crippen molar-refractivity contribution in [3.63, 3.8) is 0 Å². The van der Waals surface area contributed by atoms with E-state index in [4.69, 9.17) is 16.3 Å². The minimum atomic E-state index is -0.511. The number of ether oxygens (including phenoxy) is 1. The van der Waals surface area contributed by atoms with Crippen molar-refractivity contribution in [2.24, 2.45) is 0 Å². The third kappa shape index (κ3) is 3.17. The second-order valence-corrected chi connectivity index (χ2v) is 3.92. The number of amides is 1. The molecule has 7 heteroatoms. The zero-order valence-electron chi connectivity index (χ0n) is 9.85. The Hall–Kier alpha value is -2.21. The molecule has 0 bridgehead atoms. The number of nitrogens with one attached hydrogen (secondary N) is 1. The fourth-order valence-electron chi connectivity index (χ4n) is 1.38. The predicted molar refractivity (Wildman–Crippen MR) is 67.9 cm³/mol. The Morgan fingerprint density at radius 3 is 2.89 bits per heavy atom. The normalized spacial score (nSPS) is 10.1. The van der Waals surface area contributed by atoms with Crippen molar-refractivity contribution >= 4 is 23.2 Å². The number of carbonyl (C=O) groups is 1. The predicted octanol–water partition coefficient (Wildman–Crippen LogP) is 2.53. The average molecular weight is 282 g/mol. The summed E-state index contributed by atoms with van der Waals surface area (Å²) < 4.78 is 18.0. The lowest BCUT2D eigenvalue weighted by molar-refractivity contribution is 0.102. The van der Waals surface area contributed by atoms with Crippen LogP contribution in [0.25, 0.3) is 0 Å². The molecular formula is C12H9ClFN3O2. The number of carbonyl (C=O) groups excluding carboxylic acids is 1. The Bertz CT molecular complexity index is 622. The van der Waals surface area contributed by atoms with Crippen LogP contribution in [0.4, 0.5) is 10.1 Å². The average Bonchev–Trinajstić information content (AvgIpc) is 2.41.